The van der Waals surface area contributed by atoms with Crippen molar-refractivity contribution < 1.29 is 14.3 Å². The van der Waals surface area contributed by atoms with Crippen molar-refractivity contribution in [3.63, 3.8) is 0 Å². The summed E-state index contributed by atoms with van der Waals surface area (Å²) in [6, 6.07) is -0.512. The Bertz CT molecular complexity index is 621. The number of hydrogen-bond donors (Lipinski definition) is 1. The van der Waals surface area contributed by atoms with Gasteiger partial charge >= 0.3 is 6.09 Å². The number of anilines is 1. The average Bonchev–Trinajstić information content (AvgIpc) is 3.26. The number of amides is 2. The van der Waals surface area contributed by atoms with Gasteiger partial charge in [-0.05, 0) is 52.9 Å². The van der Waals surface area contributed by atoms with Gasteiger partial charge in [0.05, 0.1) is 0 Å². The van der Waals surface area contributed by atoms with E-state index in [0.717, 1.165) is 30.7 Å². The summed E-state index contributed by atoms with van der Waals surface area (Å²) >= 11 is 1.43. The molecule has 2 fully saturated rings. The molecular weight excluding hydrogens is 328 g/mol. The fraction of sp³-hybridized carbons (Fsp3) is 0.750. The van der Waals surface area contributed by atoms with Crippen LogP contribution in [0.2, 0.25) is 0 Å². The van der Waals surface area contributed by atoms with Gasteiger partial charge in [-0.15, -0.1) is 10.2 Å². The van der Waals surface area contributed by atoms with Gasteiger partial charge in [-0.2, -0.15) is 0 Å². The van der Waals surface area contributed by atoms with Crippen LogP contribution in [-0.2, 0) is 9.53 Å². The molecule has 1 atom stereocenters. The maximum Gasteiger partial charge on any atom is 0.410 e. The minimum Gasteiger partial charge on any atom is -0.444 e. The first-order chi connectivity index (χ1) is 11.3. The lowest BCUT2D eigenvalue weighted by Gasteiger charge is -2.35. The lowest BCUT2D eigenvalue weighted by molar-refractivity contribution is -0.122. The van der Waals surface area contributed by atoms with E-state index in [1.165, 1.54) is 16.2 Å². The standard InChI is InChI=1S/C16H24N4O3S/c1-16(2,3)23-15(22)20-9-5-4-6-11(20)12(21)17-14-19-18-13(24-14)10-7-8-10/h10-11H,4-9H2,1-3H3,(H,17,19,21). The Labute approximate surface area is 145 Å². The highest BCUT2D eigenvalue weighted by molar-refractivity contribution is 7.15. The van der Waals surface area contributed by atoms with Gasteiger partial charge in [-0.25, -0.2) is 4.79 Å². The summed E-state index contributed by atoms with van der Waals surface area (Å²) in [6.45, 7) is 6.01. The zero-order chi connectivity index (χ0) is 17.3. The van der Waals surface area contributed by atoms with Gasteiger partial charge in [0.15, 0.2) is 0 Å². The first-order valence-electron chi connectivity index (χ1n) is 8.47. The lowest BCUT2D eigenvalue weighted by atomic mass is 10.0. The fourth-order valence-electron chi connectivity index (χ4n) is 2.71. The maximum atomic E-state index is 12.6. The molecule has 1 aromatic rings. The lowest BCUT2D eigenvalue weighted by Crippen LogP contribution is -2.51. The zero-order valence-corrected chi connectivity index (χ0v) is 15.2. The first kappa shape index (κ1) is 17.1. The third-order valence-corrected chi connectivity index (χ3v) is 5.03. The predicted octanol–water partition coefficient (Wildman–Crippen LogP) is 3.14. The summed E-state index contributed by atoms with van der Waals surface area (Å²) < 4.78 is 5.43. The van der Waals surface area contributed by atoms with Gasteiger partial charge in [0.2, 0.25) is 11.0 Å². The molecule has 0 aromatic carbocycles. The number of carbonyl (C=O) groups excluding carboxylic acids is 2. The molecule has 1 unspecified atom stereocenters. The van der Waals surface area contributed by atoms with E-state index >= 15 is 0 Å². The molecular formula is C16H24N4O3S. The molecule has 8 heteroatoms. The number of ether oxygens (including phenoxy) is 1. The van der Waals surface area contributed by atoms with Crippen LogP contribution in [0.3, 0.4) is 0 Å². The van der Waals surface area contributed by atoms with E-state index < -0.39 is 17.7 Å². The Hall–Kier alpha value is -1.70. The Balaban J connectivity index is 1.64. The number of piperidine rings is 1. The number of likely N-dealkylation sites (tertiary alicyclic amines) is 1. The second-order valence-electron chi connectivity index (χ2n) is 7.39. The Morgan fingerprint density at radius 2 is 1.96 bits per heavy atom. The molecule has 2 heterocycles. The second-order valence-corrected chi connectivity index (χ2v) is 8.40. The van der Waals surface area contributed by atoms with E-state index in [-0.39, 0.29) is 5.91 Å². The minimum absolute atomic E-state index is 0.209. The number of aromatic nitrogens is 2. The summed E-state index contributed by atoms with van der Waals surface area (Å²) in [6.07, 6.45) is 4.31. The highest BCUT2D eigenvalue weighted by atomic mass is 32.1. The maximum absolute atomic E-state index is 12.6. The van der Waals surface area contributed by atoms with E-state index in [4.69, 9.17) is 4.74 Å². The molecule has 7 nitrogen and oxygen atoms in total. The largest absolute Gasteiger partial charge is 0.444 e. The molecule has 1 N–H and O–H groups in total. The van der Waals surface area contributed by atoms with Gasteiger partial charge < -0.3 is 4.74 Å². The average molecular weight is 352 g/mol. The van der Waals surface area contributed by atoms with Crippen LogP contribution in [0, 0.1) is 0 Å². The Morgan fingerprint density at radius 3 is 2.62 bits per heavy atom. The summed E-state index contributed by atoms with van der Waals surface area (Å²) in [5.74, 6) is 0.306. The normalized spacial score (nSPS) is 21.5. The molecule has 2 amide bonds. The molecule has 0 spiro atoms. The van der Waals surface area contributed by atoms with Gasteiger partial charge in [0.1, 0.15) is 16.7 Å². The molecule has 1 aromatic heterocycles. The monoisotopic (exact) mass is 352 g/mol. The number of nitrogens with one attached hydrogen (secondary N) is 1. The van der Waals surface area contributed by atoms with Crippen LogP contribution in [0.1, 0.15) is 63.8 Å². The van der Waals surface area contributed by atoms with Crippen molar-refractivity contribution in [3.8, 4) is 0 Å². The number of hydrogen-bond acceptors (Lipinski definition) is 6. The van der Waals surface area contributed by atoms with E-state index in [2.05, 4.69) is 15.5 Å². The molecule has 24 heavy (non-hydrogen) atoms. The first-order valence-corrected chi connectivity index (χ1v) is 9.29. The quantitative estimate of drug-likeness (QED) is 0.903. The van der Waals surface area contributed by atoms with E-state index in [0.29, 0.717) is 24.0 Å². The van der Waals surface area contributed by atoms with Crippen LogP contribution in [0.15, 0.2) is 0 Å². The molecule has 0 bridgehead atoms. The smallest absolute Gasteiger partial charge is 0.410 e. The molecule has 2 aliphatic rings. The molecule has 1 saturated heterocycles. The minimum atomic E-state index is -0.575. The summed E-state index contributed by atoms with van der Waals surface area (Å²) in [7, 11) is 0. The molecule has 1 aliphatic heterocycles. The van der Waals surface area contributed by atoms with Gasteiger partial charge in [0.25, 0.3) is 0 Å². The second kappa shape index (κ2) is 6.66. The summed E-state index contributed by atoms with van der Waals surface area (Å²) in [5, 5.41) is 12.5. The SMILES string of the molecule is CC(C)(C)OC(=O)N1CCCCC1C(=O)Nc1nnc(C2CC2)s1. The molecule has 1 aliphatic carbocycles. The van der Waals surface area contributed by atoms with Crippen LogP contribution in [-0.4, -0.2) is 45.3 Å². The van der Waals surface area contributed by atoms with Crippen molar-refractivity contribution in [1.82, 2.24) is 15.1 Å². The molecule has 3 rings (SSSR count). The molecule has 132 valence electrons. The van der Waals surface area contributed by atoms with Crippen LogP contribution >= 0.6 is 11.3 Å². The van der Waals surface area contributed by atoms with Gasteiger partial charge in [0, 0.05) is 12.5 Å². The summed E-state index contributed by atoms with van der Waals surface area (Å²) in [4.78, 5) is 26.5. The number of nitrogens with zero attached hydrogens (tertiary/aromatic N) is 3. The number of carbonyl (C=O) groups is 2. The van der Waals surface area contributed by atoms with Crippen molar-refractivity contribution in [2.45, 2.75) is 70.4 Å². The van der Waals surface area contributed by atoms with Crippen molar-refractivity contribution in [1.29, 1.82) is 0 Å². The van der Waals surface area contributed by atoms with Gasteiger partial charge in [-0.1, -0.05) is 11.3 Å². The van der Waals surface area contributed by atoms with Crippen molar-refractivity contribution in [2.75, 3.05) is 11.9 Å². The topological polar surface area (TPSA) is 84.4 Å². The summed E-state index contributed by atoms with van der Waals surface area (Å²) in [5.41, 5.74) is -0.575. The van der Waals surface area contributed by atoms with Crippen molar-refractivity contribution >= 4 is 28.5 Å². The Kier molecular flexibility index (Phi) is 4.76. The molecule has 1 saturated carbocycles. The fourth-order valence-corrected chi connectivity index (χ4v) is 3.63. The highest BCUT2D eigenvalue weighted by Crippen LogP contribution is 2.42. The van der Waals surface area contributed by atoms with E-state index in [9.17, 15) is 9.59 Å². The third-order valence-electron chi connectivity index (χ3n) is 4.03. The van der Waals surface area contributed by atoms with Crippen molar-refractivity contribution in [3.05, 3.63) is 5.01 Å². The zero-order valence-electron chi connectivity index (χ0n) is 14.4. The van der Waals surface area contributed by atoms with Crippen LogP contribution in [0.5, 0.6) is 0 Å². The van der Waals surface area contributed by atoms with Crippen LogP contribution < -0.4 is 5.32 Å². The molecule has 0 radical (unpaired) electrons. The van der Waals surface area contributed by atoms with Crippen LogP contribution in [0.25, 0.3) is 0 Å². The number of rotatable bonds is 3. The van der Waals surface area contributed by atoms with E-state index in [1.54, 1.807) is 0 Å². The third kappa shape index (κ3) is 4.23. The Morgan fingerprint density at radius 1 is 1.21 bits per heavy atom. The predicted molar refractivity (Wildman–Crippen MR) is 91.1 cm³/mol. The van der Waals surface area contributed by atoms with E-state index in [1.807, 2.05) is 20.8 Å². The van der Waals surface area contributed by atoms with Crippen LogP contribution in [0.4, 0.5) is 9.93 Å². The van der Waals surface area contributed by atoms with Gasteiger partial charge in [-0.3, -0.25) is 15.0 Å². The highest BCUT2D eigenvalue weighted by Gasteiger charge is 2.35. The van der Waals surface area contributed by atoms with Crippen molar-refractivity contribution in [2.24, 2.45) is 0 Å².